The van der Waals surface area contributed by atoms with Gasteiger partial charge in [0.1, 0.15) is 23.5 Å². The number of rotatable bonds is 9. The molecule has 4 aliphatic rings. The van der Waals surface area contributed by atoms with Crippen LogP contribution in [0.15, 0.2) is 24.3 Å². The van der Waals surface area contributed by atoms with Crippen molar-refractivity contribution in [3.8, 4) is 5.75 Å². The van der Waals surface area contributed by atoms with Crippen LogP contribution in [-0.2, 0) is 19.2 Å². The Morgan fingerprint density at radius 3 is 2.68 bits per heavy atom. The smallest absolute Gasteiger partial charge is 0.289 e. The number of aromatic amines is 1. The van der Waals surface area contributed by atoms with E-state index in [0.29, 0.717) is 31.0 Å². The van der Waals surface area contributed by atoms with Gasteiger partial charge in [-0.3, -0.25) is 24.0 Å². The van der Waals surface area contributed by atoms with E-state index in [2.05, 4.69) is 15.6 Å². The van der Waals surface area contributed by atoms with E-state index in [9.17, 15) is 24.0 Å². The fourth-order valence-corrected chi connectivity index (χ4v) is 6.79. The molecule has 1 aromatic carbocycles. The van der Waals surface area contributed by atoms with Crippen LogP contribution in [0.1, 0.15) is 61.9 Å². The van der Waals surface area contributed by atoms with Crippen molar-refractivity contribution in [3.05, 3.63) is 30.0 Å². The lowest BCUT2D eigenvalue weighted by Crippen LogP contribution is -2.58. The molecule has 4 atom stereocenters. The highest BCUT2D eigenvalue weighted by atomic mass is 16.5. The van der Waals surface area contributed by atoms with E-state index < -0.39 is 29.7 Å². The third kappa shape index (κ3) is 5.41. The Balaban J connectivity index is 1.25. The molecule has 3 N–H and O–H groups in total. The van der Waals surface area contributed by atoms with Crippen LogP contribution in [-0.4, -0.2) is 89.1 Å². The monoisotopic (exact) mass is 563 g/mol. The normalized spacial score (nSPS) is 24.7. The molecule has 0 bridgehead atoms. The van der Waals surface area contributed by atoms with E-state index in [-0.39, 0.29) is 36.2 Å². The summed E-state index contributed by atoms with van der Waals surface area (Å²) in [4.78, 5) is 72.8. The molecule has 6 rings (SSSR count). The van der Waals surface area contributed by atoms with Crippen molar-refractivity contribution in [2.45, 2.75) is 69.5 Å². The predicted octanol–water partition coefficient (Wildman–Crippen LogP) is 1.76. The van der Waals surface area contributed by atoms with Crippen molar-refractivity contribution < 1.29 is 28.7 Å². The van der Waals surface area contributed by atoms with E-state index in [1.54, 1.807) is 23.0 Å². The molecule has 41 heavy (non-hydrogen) atoms. The molecule has 0 spiro atoms. The second kappa shape index (κ2) is 11.2. The number of likely N-dealkylation sites (tertiary alicyclic amines) is 2. The third-order valence-electron chi connectivity index (χ3n) is 9.09. The van der Waals surface area contributed by atoms with Gasteiger partial charge in [-0.15, -0.1) is 0 Å². The van der Waals surface area contributed by atoms with Crippen LogP contribution >= 0.6 is 0 Å². The zero-order chi connectivity index (χ0) is 28.7. The Hall–Kier alpha value is -3.89. The van der Waals surface area contributed by atoms with Crippen LogP contribution in [0, 0.1) is 11.8 Å². The minimum Gasteiger partial charge on any atom is -0.496 e. The number of nitrogens with zero attached hydrogens (tertiary/aromatic N) is 2. The second-order valence-corrected chi connectivity index (χ2v) is 11.8. The molecular formula is C30H37N5O6. The fourth-order valence-electron chi connectivity index (χ4n) is 6.79. The van der Waals surface area contributed by atoms with E-state index >= 15 is 0 Å². The Labute approximate surface area is 238 Å². The van der Waals surface area contributed by atoms with Gasteiger partial charge < -0.3 is 30.2 Å². The van der Waals surface area contributed by atoms with Crippen molar-refractivity contribution in [1.82, 2.24) is 25.4 Å². The first-order chi connectivity index (χ1) is 19.8. The van der Waals surface area contributed by atoms with E-state index in [1.807, 2.05) is 18.2 Å². The Morgan fingerprint density at radius 2 is 1.93 bits per heavy atom. The number of ether oxygens (including phenoxy) is 1. The average molecular weight is 564 g/mol. The number of hydrogen-bond donors (Lipinski definition) is 3. The van der Waals surface area contributed by atoms with Crippen molar-refractivity contribution in [3.63, 3.8) is 0 Å². The lowest BCUT2D eigenvalue weighted by molar-refractivity contribution is -0.142. The van der Waals surface area contributed by atoms with Crippen molar-refractivity contribution in [2.24, 2.45) is 11.8 Å². The highest BCUT2D eigenvalue weighted by Crippen LogP contribution is 2.43. The van der Waals surface area contributed by atoms with E-state index in [4.69, 9.17) is 4.74 Å². The van der Waals surface area contributed by atoms with Gasteiger partial charge in [-0.2, -0.15) is 0 Å². The molecule has 0 unspecified atom stereocenters. The second-order valence-electron chi connectivity index (χ2n) is 11.8. The summed E-state index contributed by atoms with van der Waals surface area (Å²) >= 11 is 0. The molecule has 2 saturated carbocycles. The third-order valence-corrected chi connectivity index (χ3v) is 9.09. The number of carbonyl (C=O) groups is 5. The predicted molar refractivity (Wildman–Crippen MR) is 149 cm³/mol. The van der Waals surface area contributed by atoms with Gasteiger partial charge in [-0.05, 0) is 68.6 Å². The van der Waals surface area contributed by atoms with Gasteiger partial charge in [0.05, 0.1) is 7.11 Å². The molecule has 218 valence electrons. The number of methoxy groups -OCH3 is 1. The molecule has 0 radical (unpaired) electrons. The summed E-state index contributed by atoms with van der Waals surface area (Å²) in [6.45, 7) is 0.864. The number of H-pyrrole nitrogens is 1. The summed E-state index contributed by atoms with van der Waals surface area (Å²) in [6, 6.07) is 5.30. The maximum atomic E-state index is 14.0. The van der Waals surface area contributed by atoms with Crippen molar-refractivity contribution in [2.75, 3.05) is 26.7 Å². The summed E-state index contributed by atoms with van der Waals surface area (Å²) in [6.07, 6.45) is 6.31. The summed E-state index contributed by atoms with van der Waals surface area (Å²) in [5.41, 5.74) is 1.12. The van der Waals surface area contributed by atoms with Crippen LogP contribution in [0.25, 0.3) is 10.9 Å². The van der Waals surface area contributed by atoms with Crippen molar-refractivity contribution >= 4 is 40.3 Å². The lowest BCUT2D eigenvalue weighted by atomic mass is 9.93. The van der Waals surface area contributed by atoms with Crippen LogP contribution in [0.3, 0.4) is 0 Å². The molecule has 11 nitrogen and oxygen atoms in total. The molecule has 2 saturated heterocycles. The Morgan fingerprint density at radius 1 is 1.10 bits per heavy atom. The molecule has 2 aromatic rings. The number of piperidine rings is 1. The Bertz CT molecular complexity index is 1380. The van der Waals surface area contributed by atoms with E-state index in [0.717, 1.165) is 55.8 Å². The number of benzene rings is 1. The summed E-state index contributed by atoms with van der Waals surface area (Å²) in [7, 11) is 1.57. The number of fused-ring (bicyclic) bond motifs is 2. The number of amides is 4. The summed E-state index contributed by atoms with van der Waals surface area (Å²) in [5.74, 6) is -1.55. The van der Waals surface area contributed by atoms with Gasteiger partial charge in [-0.25, -0.2) is 0 Å². The average Bonchev–Trinajstić information content (AvgIpc) is 3.34. The molecule has 1 aromatic heterocycles. The first-order valence-electron chi connectivity index (χ1n) is 14.7. The van der Waals surface area contributed by atoms with Crippen molar-refractivity contribution in [1.29, 1.82) is 0 Å². The van der Waals surface area contributed by atoms with Gasteiger partial charge in [0.15, 0.2) is 0 Å². The summed E-state index contributed by atoms with van der Waals surface area (Å²) in [5, 5.41) is 6.31. The largest absolute Gasteiger partial charge is 0.496 e. The van der Waals surface area contributed by atoms with Crippen LogP contribution < -0.4 is 15.4 Å². The summed E-state index contributed by atoms with van der Waals surface area (Å²) < 4.78 is 5.45. The molecule has 2 aliphatic carbocycles. The standard InChI is InChI=1S/C30H37N5O6/c1-41-24-9-5-8-21-20(24)14-22(32-21)30(40)35-15-17-6-4-7-19(17)26(35)28(38)33-23(16-34-13-3-2-10-25(34)36)27(37)29(39)31-18-11-12-18/h5,8-9,14,17-19,23,26,32H,2-4,6-7,10-13,15-16H2,1H3,(H,31,39)(H,33,38)/t17-,19-,23-,26-/m0/s1. The van der Waals surface area contributed by atoms with Gasteiger partial charge in [0.2, 0.25) is 17.6 Å². The quantitative estimate of drug-likeness (QED) is 0.397. The number of Topliss-reactive ketones (excluding diaryl/α,β-unsaturated/α-hetero) is 1. The highest BCUT2D eigenvalue weighted by Gasteiger charge is 2.50. The van der Waals surface area contributed by atoms with Crippen LogP contribution in [0.4, 0.5) is 0 Å². The van der Waals surface area contributed by atoms with Gasteiger partial charge in [0, 0.05) is 43.0 Å². The van der Waals surface area contributed by atoms with Crippen LogP contribution in [0.5, 0.6) is 5.75 Å². The molecular weight excluding hydrogens is 526 g/mol. The number of aromatic nitrogens is 1. The SMILES string of the molecule is COc1cccc2[nH]c(C(=O)N3C[C@@H]4CCC[C@@H]4[C@H]3C(=O)N[C@@H](CN3CCCCC3=O)C(=O)C(=O)NC3CC3)cc12. The maximum absolute atomic E-state index is 14.0. The van der Waals surface area contributed by atoms with Crippen LogP contribution in [0.2, 0.25) is 0 Å². The first-order valence-corrected chi connectivity index (χ1v) is 14.7. The molecule has 4 fully saturated rings. The topological polar surface area (TPSA) is 141 Å². The fraction of sp³-hybridized carbons (Fsp3) is 0.567. The molecule has 11 heteroatoms. The van der Waals surface area contributed by atoms with E-state index in [1.165, 1.54) is 0 Å². The molecule has 4 amide bonds. The first kappa shape index (κ1) is 27.3. The van der Waals surface area contributed by atoms with Gasteiger partial charge >= 0.3 is 0 Å². The lowest BCUT2D eigenvalue weighted by Gasteiger charge is -2.32. The number of carbonyl (C=O) groups excluding carboxylic acids is 5. The molecule has 3 heterocycles. The minimum absolute atomic E-state index is 0.0171. The highest BCUT2D eigenvalue weighted by molar-refractivity contribution is 6.38. The Kier molecular flexibility index (Phi) is 7.44. The number of ketones is 1. The maximum Gasteiger partial charge on any atom is 0.289 e. The number of hydrogen-bond acceptors (Lipinski definition) is 6. The zero-order valence-corrected chi connectivity index (χ0v) is 23.3. The zero-order valence-electron chi connectivity index (χ0n) is 23.3. The van der Waals surface area contributed by atoms with Gasteiger partial charge in [-0.1, -0.05) is 12.5 Å². The number of nitrogens with one attached hydrogen (secondary N) is 3. The van der Waals surface area contributed by atoms with Gasteiger partial charge in [0.25, 0.3) is 11.8 Å². The molecule has 2 aliphatic heterocycles. The minimum atomic E-state index is -1.18.